The Bertz CT molecular complexity index is 1160. The lowest BCUT2D eigenvalue weighted by Crippen LogP contribution is -2.52. The molecule has 2 heterocycles. The summed E-state index contributed by atoms with van der Waals surface area (Å²) in [5, 5.41) is 10.0. The standard InChI is InChI=1S/C17H13F6N5O2.2BrH/c1-7-2-3-8(15(30,14(25)29)17(21,22)23)4-9(7)10-5-26-13-12(24)27-11(6-28(10)13)16(18,19)20;;/h2-6,30H,1H3,(H2,24,27)(H2,25,29);2*1H. The first kappa shape index (κ1) is 27.6. The number of nitrogen functional groups attached to an aromatic ring is 1. The number of amides is 1. The quantitative estimate of drug-likeness (QED) is 0.400. The molecule has 2 aromatic heterocycles. The number of nitrogens with zero attached hydrogens (tertiary/aromatic N) is 3. The average molecular weight is 595 g/mol. The highest BCUT2D eigenvalue weighted by atomic mass is 79.9. The summed E-state index contributed by atoms with van der Waals surface area (Å²) in [6.45, 7) is 1.46. The highest BCUT2D eigenvalue weighted by molar-refractivity contribution is 8.93. The van der Waals surface area contributed by atoms with Crippen molar-refractivity contribution in [2.45, 2.75) is 24.9 Å². The van der Waals surface area contributed by atoms with Gasteiger partial charge in [0, 0.05) is 17.3 Å². The van der Waals surface area contributed by atoms with E-state index in [0.29, 0.717) is 11.8 Å². The maximum atomic E-state index is 13.4. The van der Waals surface area contributed by atoms with E-state index in [1.165, 1.54) is 6.92 Å². The lowest BCUT2D eigenvalue weighted by atomic mass is 9.89. The fraction of sp³-hybridized carbons (Fsp3) is 0.235. The van der Waals surface area contributed by atoms with Crippen LogP contribution in [0.2, 0.25) is 0 Å². The van der Waals surface area contributed by atoms with E-state index in [1.54, 1.807) is 0 Å². The molecule has 1 aromatic carbocycles. The zero-order chi connectivity index (χ0) is 22.6. The molecule has 0 aliphatic carbocycles. The van der Waals surface area contributed by atoms with Crippen LogP contribution in [0, 0.1) is 6.92 Å². The highest BCUT2D eigenvalue weighted by Gasteiger charge is 2.60. The maximum absolute atomic E-state index is 13.4. The molecule has 176 valence electrons. The molecule has 0 radical (unpaired) electrons. The van der Waals surface area contributed by atoms with Gasteiger partial charge in [-0.15, -0.1) is 34.0 Å². The molecule has 0 bridgehead atoms. The number of imidazole rings is 1. The molecule has 0 fully saturated rings. The van der Waals surface area contributed by atoms with Crippen LogP contribution in [0.5, 0.6) is 0 Å². The smallest absolute Gasteiger partial charge is 0.381 e. The molecule has 0 aliphatic rings. The second kappa shape index (κ2) is 8.86. The predicted octanol–water partition coefficient (Wildman–Crippen LogP) is 3.70. The van der Waals surface area contributed by atoms with E-state index < -0.39 is 40.9 Å². The summed E-state index contributed by atoms with van der Waals surface area (Å²) in [4.78, 5) is 18.5. The molecular formula is C17H15Br2F6N5O2. The van der Waals surface area contributed by atoms with E-state index in [-0.39, 0.29) is 50.9 Å². The zero-order valence-electron chi connectivity index (χ0n) is 15.8. The van der Waals surface area contributed by atoms with Crippen LogP contribution in [0.4, 0.5) is 32.2 Å². The Balaban J connectivity index is 0.00000256. The summed E-state index contributed by atoms with van der Waals surface area (Å²) in [5.74, 6) is -2.61. The lowest BCUT2D eigenvalue weighted by Gasteiger charge is -2.28. The van der Waals surface area contributed by atoms with E-state index in [9.17, 15) is 36.2 Å². The van der Waals surface area contributed by atoms with Crippen LogP contribution < -0.4 is 11.5 Å². The first-order chi connectivity index (χ1) is 13.7. The van der Waals surface area contributed by atoms with Crippen molar-refractivity contribution in [1.29, 1.82) is 0 Å². The number of halogens is 8. The Hall–Kier alpha value is -2.39. The number of carbonyl (C=O) groups is 1. The fourth-order valence-corrected chi connectivity index (χ4v) is 2.92. The Morgan fingerprint density at radius 2 is 1.72 bits per heavy atom. The number of nitrogens with two attached hydrogens (primary N) is 2. The normalized spacial score (nSPS) is 13.8. The highest BCUT2D eigenvalue weighted by Crippen LogP contribution is 2.41. The first-order valence-corrected chi connectivity index (χ1v) is 8.09. The molecule has 32 heavy (non-hydrogen) atoms. The molecule has 1 unspecified atom stereocenters. The van der Waals surface area contributed by atoms with Crippen LogP contribution >= 0.6 is 34.0 Å². The summed E-state index contributed by atoms with van der Waals surface area (Å²) in [7, 11) is 0. The van der Waals surface area contributed by atoms with Gasteiger partial charge < -0.3 is 16.6 Å². The number of alkyl halides is 6. The van der Waals surface area contributed by atoms with Gasteiger partial charge in [-0.1, -0.05) is 12.1 Å². The van der Waals surface area contributed by atoms with E-state index in [0.717, 1.165) is 28.8 Å². The summed E-state index contributed by atoms with van der Waals surface area (Å²) in [6.07, 6.45) is -8.62. The van der Waals surface area contributed by atoms with Crippen LogP contribution in [0.1, 0.15) is 16.8 Å². The number of aryl methyl sites for hydroxylation is 1. The van der Waals surface area contributed by atoms with E-state index in [1.807, 2.05) is 0 Å². The molecule has 15 heteroatoms. The van der Waals surface area contributed by atoms with E-state index in [4.69, 9.17) is 11.5 Å². The minimum atomic E-state index is -5.44. The number of aliphatic hydroxyl groups is 1. The number of anilines is 1. The van der Waals surface area contributed by atoms with Gasteiger partial charge in [-0.3, -0.25) is 9.20 Å². The van der Waals surface area contributed by atoms with Gasteiger partial charge in [-0.2, -0.15) is 26.3 Å². The second-order valence-electron chi connectivity index (χ2n) is 6.45. The van der Waals surface area contributed by atoms with Gasteiger partial charge >= 0.3 is 12.4 Å². The van der Waals surface area contributed by atoms with E-state index in [2.05, 4.69) is 9.97 Å². The molecule has 1 amide bonds. The molecule has 0 saturated heterocycles. The van der Waals surface area contributed by atoms with Crippen molar-refractivity contribution in [2.24, 2.45) is 5.73 Å². The van der Waals surface area contributed by atoms with Gasteiger partial charge in [0.25, 0.3) is 11.5 Å². The van der Waals surface area contributed by atoms with Crippen LogP contribution in [0.25, 0.3) is 16.9 Å². The van der Waals surface area contributed by atoms with Crippen LogP contribution in [0.15, 0.2) is 30.6 Å². The molecular weight excluding hydrogens is 580 g/mol. The number of hydrogen-bond acceptors (Lipinski definition) is 5. The number of benzene rings is 1. The zero-order valence-corrected chi connectivity index (χ0v) is 19.2. The van der Waals surface area contributed by atoms with Crippen LogP contribution in [-0.4, -0.2) is 31.6 Å². The SMILES string of the molecule is Br.Br.Cc1ccc(C(O)(C(N)=O)C(F)(F)F)cc1-c1cnc2c(N)nc(C(F)(F)F)cn12. The molecule has 3 aromatic rings. The van der Waals surface area contributed by atoms with Crippen molar-refractivity contribution < 1.29 is 36.2 Å². The third-order valence-corrected chi connectivity index (χ3v) is 4.51. The third kappa shape index (κ3) is 4.41. The molecule has 3 rings (SSSR count). The summed E-state index contributed by atoms with van der Waals surface area (Å²) in [5.41, 5.74) is 4.12. The van der Waals surface area contributed by atoms with Crippen molar-refractivity contribution in [3.8, 4) is 11.3 Å². The van der Waals surface area contributed by atoms with Gasteiger partial charge in [0.2, 0.25) is 0 Å². The Morgan fingerprint density at radius 3 is 2.22 bits per heavy atom. The molecule has 0 saturated carbocycles. The number of fused-ring (bicyclic) bond motifs is 1. The second-order valence-corrected chi connectivity index (χ2v) is 6.45. The fourth-order valence-electron chi connectivity index (χ4n) is 2.92. The van der Waals surface area contributed by atoms with Crippen molar-refractivity contribution in [3.63, 3.8) is 0 Å². The Morgan fingerprint density at radius 1 is 1.12 bits per heavy atom. The predicted molar refractivity (Wildman–Crippen MR) is 112 cm³/mol. The van der Waals surface area contributed by atoms with Gasteiger partial charge in [0.15, 0.2) is 17.2 Å². The first-order valence-electron chi connectivity index (χ1n) is 8.09. The maximum Gasteiger partial charge on any atom is 0.434 e. The molecule has 1 atom stereocenters. The Labute approximate surface area is 197 Å². The minimum absolute atomic E-state index is 0. The summed E-state index contributed by atoms with van der Waals surface area (Å²) < 4.78 is 80.4. The topological polar surface area (TPSA) is 120 Å². The van der Waals surface area contributed by atoms with Crippen LogP contribution in [-0.2, 0) is 16.6 Å². The van der Waals surface area contributed by atoms with Gasteiger partial charge in [-0.05, 0) is 18.6 Å². The monoisotopic (exact) mass is 593 g/mol. The largest absolute Gasteiger partial charge is 0.434 e. The van der Waals surface area contributed by atoms with Crippen molar-refractivity contribution >= 4 is 51.3 Å². The van der Waals surface area contributed by atoms with Crippen molar-refractivity contribution in [1.82, 2.24) is 14.4 Å². The summed E-state index contributed by atoms with van der Waals surface area (Å²) >= 11 is 0. The van der Waals surface area contributed by atoms with Gasteiger partial charge in [0.1, 0.15) is 0 Å². The number of rotatable bonds is 3. The number of aromatic nitrogens is 3. The molecule has 0 spiro atoms. The van der Waals surface area contributed by atoms with Gasteiger partial charge in [0.05, 0.1) is 11.9 Å². The number of hydrogen-bond donors (Lipinski definition) is 3. The average Bonchev–Trinajstić information content (AvgIpc) is 3.04. The lowest BCUT2D eigenvalue weighted by molar-refractivity contribution is -0.255. The van der Waals surface area contributed by atoms with Gasteiger partial charge in [-0.25, -0.2) is 9.97 Å². The Kier molecular flexibility index (Phi) is 7.66. The molecule has 0 aliphatic heterocycles. The van der Waals surface area contributed by atoms with Crippen molar-refractivity contribution in [3.05, 3.63) is 47.4 Å². The molecule has 5 N–H and O–H groups in total. The van der Waals surface area contributed by atoms with Crippen LogP contribution in [0.3, 0.4) is 0 Å². The van der Waals surface area contributed by atoms with Crippen molar-refractivity contribution in [2.75, 3.05) is 5.73 Å². The minimum Gasteiger partial charge on any atom is -0.381 e. The molecule has 7 nitrogen and oxygen atoms in total. The van der Waals surface area contributed by atoms with E-state index >= 15 is 0 Å². The third-order valence-electron chi connectivity index (χ3n) is 4.51. The number of primary amides is 1. The number of carbonyl (C=O) groups excluding carboxylic acids is 1. The summed E-state index contributed by atoms with van der Waals surface area (Å²) in [6, 6.07) is 2.80.